The molecular weight excluding hydrogens is 735 g/mol. The van der Waals surface area contributed by atoms with Crippen LogP contribution in [0.2, 0.25) is 0 Å². The van der Waals surface area contributed by atoms with Crippen molar-refractivity contribution in [2.75, 3.05) is 47.5 Å². The number of phosphoric ester groups is 1. The zero-order valence-electron chi connectivity index (χ0n) is 35.2. The van der Waals surface area contributed by atoms with E-state index in [1.165, 1.54) is 50.5 Å². The van der Waals surface area contributed by atoms with Gasteiger partial charge in [0.25, 0.3) is 0 Å². The average molecular weight is 807 g/mol. The zero-order chi connectivity index (χ0) is 40.0. The van der Waals surface area contributed by atoms with Gasteiger partial charge in [-0.2, -0.15) is 0 Å². The lowest BCUT2D eigenvalue weighted by Gasteiger charge is -2.58. The maximum absolute atomic E-state index is 13.3. The quantitative estimate of drug-likeness (QED) is 0.0511. The Bertz CT molecular complexity index is 1520. The van der Waals surface area contributed by atoms with Gasteiger partial charge in [0, 0.05) is 6.42 Å². The number of carbonyl (C=O) groups is 2. The molecule has 0 aromatic heterocycles. The first-order chi connectivity index (χ1) is 25.9. The Morgan fingerprint density at radius 3 is 2.39 bits per heavy atom. The molecule has 4 aliphatic rings. The van der Waals surface area contributed by atoms with E-state index in [9.17, 15) is 19.0 Å². The zero-order valence-corrected chi connectivity index (χ0v) is 36.1. The van der Waals surface area contributed by atoms with Crippen molar-refractivity contribution in [1.82, 2.24) is 5.32 Å². The summed E-state index contributed by atoms with van der Waals surface area (Å²) in [5.41, 5.74) is 1.96. The molecule has 4 aliphatic carbocycles. The molecule has 13 heteroatoms. The van der Waals surface area contributed by atoms with Crippen LogP contribution in [0.3, 0.4) is 0 Å². The molecule has 56 heavy (non-hydrogen) atoms. The number of para-hydroxylation sites is 1. The molecule has 0 spiro atoms. The predicted molar refractivity (Wildman–Crippen MR) is 215 cm³/mol. The molecule has 5 rings (SSSR count). The third-order valence-electron chi connectivity index (χ3n) is 13.7. The van der Waals surface area contributed by atoms with Gasteiger partial charge in [0.15, 0.2) is 0 Å². The standard InChI is InChI=1S/C43H69N2O9P.H2O/c1-30(2)13-12-14-31(3)37-19-20-38-36-18-17-32-27-35(21-23-42(32,4)39(36)22-24-43(37,38)5)53-40(46)44-33(28-50-41(47)54-34-15-10-9-11-16-34)29-52-55(48,49)51-26-25-45(6,7)8;/h9-11,15-17,30-31,33,35-39H,12-14,18-29H2,1-8H3,(H-,44,46,48,49);1H2/t31-,33?,35+,36?,37-,38?,39?,42+,43-;/m1./s1. The number of hydrogen-bond donors (Lipinski definition) is 2. The van der Waals surface area contributed by atoms with Crippen LogP contribution in [0, 0.1) is 46.3 Å². The molecule has 0 saturated heterocycles. The smallest absolute Gasteiger partial charge is 0.513 e. The first-order valence-electron chi connectivity index (χ1n) is 20.9. The second-order valence-corrected chi connectivity index (χ2v) is 20.4. The Morgan fingerprint density at radius 2 is 1.70 bits per heavy atom. The fraction of sp³-hybridized carbons (Fsp3) is 0.767. The number of likely N-dealkylation sites (N-methyl/N-ethyl adjacent to an activating group) is 1. The van der Waals surface area contributed by atoms with Gasteiger partial charge in [0.1, 0.15) is 31.6 Å². The number of rotatable bonds is 17. The van der Waals surface area contributed by atoms with E-state index in [1.807, 2.05) is 21.1 Å². The molecular formula is C43H71N2O10P. The molecule has 1 aromatic carbocycles. The summed E-state index contributed by atoms with van der Waals surface area (Å²) >= 11 is 0. The summed E-state index contributed by atoms with van der Waals surface area (Å²) in [6.07, 6.45) is 13.4. The normalized spacial score (nSPS) is 30.6. The van der Waals surface area contributed by atoms with Crippen molar-refractivity contribution in [2.45, 2.75) is 117 Å². The van der Waals surface area contributed by atoms with Crippen molar-refractivity contribution in [3.05, 3.63) is 42.0 Å². The van der Waals surface area contributed by atoms with Gasteiger partial charge in [-0.25, -0.2) is 14.2 Å². The average Bonchev–Trinajstić information content (AvgIpc) is 3.46. The highest BCUT2D eigenvalue weighted by molar-refractivity contribution is 7.47. The molecule has 0 heterocycles. The van der Waals surface area contributed by atoms with Gasteiger partial charge >= 0.3 is 20.1 Å². The van der Waals surface area contributed by atoms with Crippen LogP contribution in [-0.4, -0.2) is 86.8 Å². The Morgan fingerprint density at radius 1 is 0.964 bits per heavy atom. The van der Waals surface area contributed by atoms with E-state index in [2.05, 4.69) is 46.0 Å². The highest BCUT2D eigenvalue weighted by Crippen LogP contribution is 2.67. The molecule has 0 bridgehead atoms. The van der Waals surface area contributed by atoms with Crippen molar-refractivity contribution in [2.24, 2.45) is 46.3 Å². The maximum Gasteiger partial charge on any atom is 0.513 e. The molecule has 10 atom stereocenters. The van der Waals surface area contributed by atoms with Crippen LogP contribution in [0.5, 0.6) is 5.75 Å². The second kappa shape index (κ2) is 19.5. The van der Waals surface area contributed by atoms with Crippen LogP contribution >= 0.6 is 7.82 Å². The molecule has 3 saturated carbocycles. The number of nitrogens with one attached hydrogen (secondary N) is 1. The van der Waals surface area contributed by atoms with Gasteiger partial charge in [0.2, 0.25) is 0 Å². The van der Waals surface area contributed by atoms with Crippen LogP contribution in [0.4, 0.5) is 9.59 Å². The number of fused-ring (bicyclic) bond motifs is 5. The number of alkyl carbamates (subject to hydrolysis) is 1. The Balaban J connectivity index is 0.00000696. The fourth-order valence-corrected chi connectivity index (χ4v) is 11.4. The minimum Gasteiger partial charge on any atom is -0.870 e. The summed E-state index contributed by atoms with van der Waals surface area (Å²) in [6, 6.07) is 7.43. The van der Waals surface area contributed by atoms with E-state index in [-0.39, 0.29) is 30.2 Å². The first-order valence-corrected chi connectivity index (χ1v) is 22.4. The van der Waals surface area contributed by atoms with Gasteiger partial charge in [-0.05, 0) is 103 Å². The van der Waals surface area contributed by atoms with Gasteiger partial charge in [-0.3, -0.25) is 9.05 Å². The highest BCUT2D eigenvalue weighted by Gasteiger charge is 2.59. The number of allylic oxidation sites excluding steroid dienone is 1. The van der Waals surface area contributed by atoms with Gasteiger partial charge in [-0.15, -0.1) is 0 Å². The monoisotopic (exact) mass is 806 g/mol. The van der Waals surface area contributed by atoms with Crippen molar-refractivity contribution >= 4 is 20.1 Å². The van der Waals surface area contributed by atoms with Gasteiger partial charge in [0.05, 0.1) is 33.8 Å². The largest absolute Gasteiger partial charge is 0.870 e. The summed E-state index contributed by atoms with van der Waals surface area (Å²) < 4.78 is 40.0. The van der Waals surface area contributed by atoms with E-state index in [0.717, 1.165) is 48.9 Å². The summed E-state index contributed by atoms with van der Waals surface area (Å²) in [6.45, 7) is 11.9. The lowest BCUT2D eigenvalue weighted by molar-refractivity contribution is -0.870. The SMILES string of the molecule is CC(C)CCC[C@@H](C)[C@H]1CCC2C3CC=C4C[C@@H](OC(=O)NC(COC(=O)Oc5ccccc5)COP(=O)(O)OCC[N+](C)(C)C)CC[C@]4(C)C3CC[C@@]21C.[OH-]. The maximum atomic E-state index is 13.3. The van der Waals surface area contributed by atoms with E-state index in [0.29, 0.717) is 34.5 Å². The molecule has 318 valence electrons. The van der Waals surface area contributed by atoms with Crippen LogP contribution < -0.4 is 10.1 Å². The highest BCUT2D eigenvalue weighted by atomic mass is 31.2. The molecule has 0 aliphatic heterocycles. The fourth-order valence-electron chi connectivity index (χ4n) is 10.7. The number of amides is 1. The lowest BCUT2D eigenvalue weighted by atomic mass is 9.47. The van der Waals surface area contributed by atoms with Crippen molar-refractivity contribution in [3.63, 3.8) is 0 Å². The molecule has 0 radical (unpaired) electrons. The Kier molecular flexibility index (Phi) is 16.1. The number of carbonyl (C=O) groups excluding carboxylic acids is 2. The minimum atomic E-state index is -4.46. The molecule has 12 nitrogen and oxygen atoms in total. The molecule has 1 amide bonds. The number of phosphoric acid groups is 1. The molecule has 1 aromatic rings. The predicted octanol–water partition coefficient (Wildman–Crippen LogP) is 9.37. The third-order valence-corrected chi connectivity index (χ3v) is 14.6. The number of hydrogen-bond acceptors (Lipinski definition) is 9. The summed E-state index contributed by atoms with van der Waals surface area (Å²) in [4.78, 5) is 36.1. The molecule has 3 fully saturated rings. The van der Waals surface area contributed by atoms with Crippen molar-refractivity contribution in [1.29, 1.82) is 0 Å². The Hall–Kier alpha value is -2.47. The van der Waals surface area contributed by atoms with E-state index < -0.39 is 32.7 Å². The van der Waals surface area contributed by atoms with Crippen LogP contribution in [0.25, 0.3) is 0 Å². The lowest BCUT2D eigenvalue weighted by Crippen LogP contribution is -2.51. The summed E-state index contributed by atoms with van der Waals surface area (Å²) in [5, 5.41) is 2.69. The minimum absolute atomic E-state index is 0. The number of quaternary nitrogens is 1. The summed E-state index contributed by atoms with van der Waals surface area (Å²) in [5.74, 6) is 4.83. The second-order valence-electron chi connectivity index (χ2n) is 19.0. The van der Waals surface area contributed by atoms with Crippen molar-refractivity contribution in [3.8, 4) is 5.75 Å². The molecule has 3 N–H and O–H groups in total. The van der Waals surface area contributed by atoms with E-state index >= 15 is 0 Å². The van der Waals surface area contributed by atoms with Crippen LogP contribution in [0.15, 0.2) is 42.0 Å². The number of ether oxygens (including phenoxy) is 3. The van der Waals surface area contributed by atoms with Crippen molar-refractivity contribution < 1.29 is 52.3 Å². The van der Waals surface area contributed by atoms with Gasteiger partial charge < -0.3 is 34.4 Å². The van der Waals surface area contributed by atoms with Gasteiger partial charge in [-0.1, -0.05) is 83.7 Å². The topological polar surface area (TPSA) is 160 Å². The molecule has 5 unspecified atom stereocenters. The Labute approximate surface area is 335 Å². The number of benzene rings is 1. The van der Waals surface area contributed by atoms with E-state index in [4.69, 9.17) is 23.3 Å². The van der Waals surface area contributed by atoms with Crippen LogP contribution in [0.1, 0.15) is 105 Å². The third kappa shape index (κ3) is 12.0. The summed E-state index contributed by atoms with van der Waals surface area (Å²) in [7, 11) is 1.35. The first kappa shape index (κ1) is 46.2. The number of nitrogens with zero attached hydrogens (tertiary/aromatic N) is 1. The van der Waals surface area contributed by atoms with E-state index in [1.54, 1.807) is 30.3 Å². The van der Waals surface area contributed by atoms with Crippen LogP contribution in [-0.2, 0) is 23.1 Å².